The van der Waals surface area contributed by atoms with Gasteiger partial charge in [0.15, 0.2) is 5.84 Å². The number of pyridine rings is 1. The average molecular weight is 284 g/mol. The fourth-order valence-corrected chi connectivity index (χ4v) is 2.13. The second-order valence-corrected chi connectivity index (χ2v) is 5.15. The number of aromatic nitrogens is 1. The smallest absolute Gasteiger partial charge is 0.173 e. The number of benzene rings is 1. The lowest BCUT2D eigenvalue weighted by Crippen LogP contribution is -2.24. The van der Waals surface area contributed by atoms with Crippen molar-refractivity contribution in [2.45, 2.75) is 20.4 Å². The Morgan fingerprint density at radius 1 is 1.19 bits per heavy atom. The molecule has 0 saturated carbocycles. The van der Waals surface area contributed by atoms with E-state index in [0.29, 0.717) is 17.9 Å². The largest absolute Gasteiger partial charge is 0.409 e. The summed E-state index contributed by atoms with van der Waals surface area (Å²) in [5.74, 6) is 0.763. The van der Waals surface area contributed by atoms with Gasteiger partial charge in [0.05, 0.1) is 5.56 Å². The topological polar surface area (TPSA) is 74.7 Å². The number of hydrogen-bond donors (Lipinski definition) is 2. The van der Waals surface area contributed by atoms with E-state index in [1.165, 1.54) is 11.1 Å². The molecular weight excluding hydrogens is 264 g/mol. The Balaban J connectivity index is 2.31. The van der Waals surface area contributed by atoms with Crippen molar-refractivity contribution in [1.29, 1.82) is 0 Å². The Hall–Kier alpha value is -2.56. The van der Waals surface area contributed by atoms with Crippen LogP contribution in [0.4, 0.5) is 5.82 Å². The summed E-state index contributed by atoms with van der Waals surface area (Å²) in [6.45, 7) is 4.67. The van der Waals surface area contributed by atoms with E-state index in [2.05, 4.69) is 41.3 Å². The van der Waals surface area contributed by atoms with Crippen LogP contribution in [0.5, 0.6) is 0 Å². The molecule has 0 fully saturated rings. The normalized spacial score (nSPS) is 11.5. The summed E-state index contributed by atoms with van der Waals surface area (Å²) in [5, 5.41) is 12.0. The van der Waals surface area contributed by atoms with Gasteiger partial charge in [-0.3, -0.25) is 0 Å². The lowest BCUT2D eigenvalue weighted by atomic mass is 10.1. The highest BCUT2D eigenvalue weighted by molar-refractivity contribution is 6.01. The molecule has 0 unspecified atom stereocenters. The minimum atomic E-state index is 0.0632. The summed E-state index contributed by atoms with van der Waals surface area (Å²) < 4.78 is 0. The maximum atomic E-state index is 8.90. The predicted octanol–water partition coefficient (Wildman–Crippen LogP) is 2.43. The standard InChI is InChI=1S/C16H20N4O/c1-11-4-7-13(8-5-11)10-20(3)16-14(15(17)19-21)9-6-12(2)18-16/h4-9,21H,10H2,1-3H3,(H2,17,19). The predicted molar refractivity (Wildman–Crippen MR) is 84.8 cm³/mol. The number of oxime groups is 1. The maximum Gasteiger partial charge on any atom is 0.173 e. The molecule has 5 nitrogen and oxygen atoms in total. The highest BCUT2D eigenvalue weighted by atomic mass is 16.4. The maximum absolute atomic E-state index is 8.90. The lowest BCUT2D eigenvalue weighted by Gasteiger charge is -2.21. The number of aryl methyl sites for hydroxylation is 2. The van der Waals surface area contributed by atoms with Crippen LogP contribution in [-0.4, -0.2) is 23.1 Å². The number of amidine groups is 1. The third-order valence-electron chi connectivity index (χ3n) is 3.30. The first-order valence-electron chi connectivity index (χ1n) is 6.73. The zero-order valence-corrected chi connectivity index (χ0v) is 12.5. The second-order valence-electron chi connectivity index (χ2n) is 5.15. The molecule has 1 heterocycles. The van der Waals surface area contributed by atoms with Crippen molar-refractivity contribution < 1.29 is 5.21 Å². The minimum absolute atomic E-state index is 0.0632. The van der Waals surface area contributed by atoms with E-state index in [4.69, 9.17) is 10.9 Å². The first kappa shape index (κ1) is 14.8. The quantitative estimate of drug-likeness (QED) is 0.391. The molecule has 0 atom stereocenters. The van der Waals surface area contributed by atoms with Gasteiger partial charge in [-0.2, -0.15) is 0 Å². The van der Waals surface area contributed by atoms with E-state index in [-0.39, 0.29) is 5.84 Å². The summed E-state index contributed by atoms with van der Waals surface area (Å²) in [4.78, 5) is 6.50. The van der Waals surface area contributed by atoms with Gasteiger partial charge in [0.1, 0.15) is 5.82 Å². The van der Waals surface area contributed by atoms with Gasteiger partial charge in [0.25, 0.3) is 0 Å². The second kappa shape index (κ2) is 6.26. The molecule has 2 rings (SSSR count). The molecule has 0 bridgehead atoms. The van der Waals surface area contributed by atoms with Crippen molar-refractivity contribution in [3.63, 3.8) is 0 Å². The van der Waals surface area contributed by atoms with Crippen LogP contribution in [0.2, 0.25) is 0 Å². The van der Waals surface area contributed by atoms with Crippen LogP contribution in [0.1, 0.15) is 22.4 Å². The van der Waals surface area contributed by atoms with E-state index < -0.39 is 0 Å². The number of nitrogens with two attached hydrogens (primary N) is 1. The van der Waals surface area contributed by atoms with Crippen LogP contribution in [0.15, 0.2) is 41.6 Å². The molecule has 2 aromatic rings. The molecule has 0 aliphatic carbocycles. The van der Waals surface area contributed by atoms with Crippen LogP contribution in [0.3, 0.4) is 0 Å². The van der Waals surface area contributed by atoms with Gasteiger partial charge in [0.2, 0.25) is 0 Å². The molecule has 1 aromatic carbocycles. The molecular formula is C16H20N4O. The van der Waals surface area contributed by atoms with Crippen LogP contribution >= 0.6 is 0 Å². The van der Waals surface area contributed by atoms with E-state index in [9.17, 15) is 0 Å². The molecule has 21 heavy (non-hydrogen) atoms. The van der Waals surface area contributed by atoms with E-state index >= 15 is 0 Å². The fourth-order valence-electron chi connectivity index (χ4n) is 2.13. The van der Waals surface area contributed by atoms with Crippen molar-refractivity contribution in [2.24, 2.45) is 10.9 Å². The molecule has 0 aliphatic rings. The van der Waals surface area contributed by atoms with Gasteiger partial charge in [-0.25, -0.2) is 4.98 Å². The lowest BCUT2D eigenvalue weighted by molar-refractivity contribution is 0.318. The number of rotatable bonds is 4. The summed E-state index contributed by atoms with van der Waals surface area (Å²) in [7, 11) is 1.94. The molecule has 110 valence electrons. The molecule has 0 radical (unpaired) electrons. The third-order valence-corrected chi connectivity index (χ3v) is 3.30. The van der Waals surface area contributed by atoms with Gasteiger partial charge >= 0.3 is 0 Å². The van der Waals surface area contributed by atoms with Gasteiger partial charge in [-0.1, -0.05) is 35.0 Å². The van der Waals surface area contributed by atoms with Gasteiger partial charge in [0, 0.05) is 19.3 Å². The zero-order chi connectivity index (χ0) is 15.4. The minimum Gasteiger partial charge on any atom is -0.409 e. The van der Waals surface area contributed by atoms with Crippen LogP contribution in [-0.2, 0) is 6.54 Å². The number of hydrogen-bond acceptors (Lipinski definition) is 4. The Labute approximate surface area is 124 Å². The van der Waals surface area contributed by atoms with E-state index in [1.807, 2.05) is 31.0 Å². The molecule has 0 aliphatic heterocycles. The van der Waals surface area contributed by atoms with Crippen LogP contribution < -0.4 is 10.6 Å². The van der Waals surface area contributed by atoms with Gasteiger partial charge < -0.3 is 15.8 Å². The van der Waals surface area contributed by atoms with Crippen LogP contribution in [0, 0.1) is 13.8 Å². The molecule has 1 aromatic heterocycles. The van der Waals surface area contributed by atoms with Crippen molar-refractivity contribution >= 4 is 11.7 Å². The molecule has 0 spiro atoms. The van der Waals surface area contributed by atoms with Crippen molar-refractivity contribution in [1.82, 2.24) is 4.98 Å². The van der Waals surface area contributed by atoms with Crippen molar-refractivity contribution in [3.8, 4) is 0 Å². The molecule has 0 saturated heterocycles. The molecule has 0 amide bonds. The summed E-state index contributed by atoms with van der Waals surface area (Å²) >= 11 is 0. The summed E-state index contributed by atoms with van der Waals surface area (Å²) in [6.07, 6.45) is 0. The Morgan fingerprint density at radius 3 is 2.48 bits per heavy atom. The summed E-state index contributed by atoms with van der Waals surface area (Å²) in [5.41, 5.74) is 9.64. The Morgan fingerprint density at radius 2 is 1.86 bits per heavy atom. The Kier molecular flexibility index (Phi) is 4.42. The monoisotopic (exact) mass is 284 g/mol. The van der Waals surface area contributed by atoms with E-state index in [1.54, 1.807) is 0 Å². The fraction of sp³-hybridized carbons (Fsp3) is 0.250. The van der Waals surface area contributed by atoms with Gasteiger partial charge in [-0.05, 0) is 31.5 Å². The Bertz CT molecular complexity index is 650. The summed E-state index contributed by atoms with van der Waals surface area (Å²) in [6, 6.07) is 12.0. The van der Waals surface area contributed by atoms with E-state index in [0.717, 1.165) is 5.69 Å². The number of anilines is 1. The first-order chi connectivity index (χ1) is 10.0. The third kappa shape index (κ3) is 3.51. The van der Waals surface area contributed by atoms with Gasteiger partial charge in [-0.15, -0.1) is 0 Å². The van der Waals surface area contributed by atoms with Crippen molar-refractivity contribution in [2.75, 3.05) is 11.9 Å². The van der Waals surface area contributed by atoms with Crippen molar-refractivity contribution in [3.05, 3.63) is 58.8 Å². The SMILES string of the molecule is Cc1ccc(CN(C)c2nc(C)ccc2C(N)=NO)cc1. The molecule has 5 heteroatoms. The molecule has 3 N–H and O–H groups in total. The highest BCUT2D eigenvalue weighted by Crippen LogP contribution is 2.19. The average Bonchev–Trinajstić information content (AvgIpc) is 2.48. The first-order valence-corrected chi connectivity index (χ1v) is 6.73. The number of nitrogens with zero attached hydrogens (tertiary/aromatic N) is 3. The highest BCUT2D eigenvalue weighted by Gasteiger charge is 2.13. The van der Waals surface area contributed by atoms with Crippen LogP contribution in [0.25, 0.3) is 0 Å². The zero-order valence-electron chi connectivity index (χ0n) is 12.5.